The zero-order chi connectivity index (χ0) is 23.0. The van der Waals surface area contributed by atoms with E-state index in [9.17, 15) is 13.2 Å². The van der Waals surface area contributed by atoms with Crippen LogP contribution in [0.2, 0.25) is 0 Å². The summed E-state index contributed by atoms with van der Waals surface area (Å²) < 4.78 is 32.8. The Morgan fingerprint density at radius 3 is 2.31 bits per heavy atom. The van der Waals surface area contributed by atoms with E-state index in [1.807, 2.05) is 68.4 Å². The van der Waals surface area contributed by atoms with Crippen LogP contribution in [-0.2, 0) is 14.8 Å². The lowest BCUT2D eigenvalue weighted by molar-refractivity contribution is -0.118. The van der Waals surface area contributed by atoms with E-state index in [4.69, 9.17) is 4.74 Å². The van der Waals surface area contributed by atoms with Crippen molar-refractivity contribution >= 4 is 33.4 Å². The fraction of sp³-hybridized carbons (Fsp3) is 0.208. The van der Waals surface area contributed by atoms with E-state index < -0.39 is 10.0 Å². The molecule has 0 unspecified atom stereocenters. The molecule has 8 heteroatoms. The second-order valence-corrected chi connectivity index (χ2v) is 9.98. The van der Waals surface area contributed by atoms with Crippen LogP contribution >= 0.6 is 11.8 Å². The van der Waals surface area contributed by atoms with Crippen molar-refractivity contribution in [3.05, 3.63) is 78.9 Å². The van der Waals surface area contributed by atoms with Crippen molar-refractivity contribution in [2.75, 3.05) is 11.9 Å². The van der Waals surface area contributed by atoms with Gasteiger partial charge in [-0.25, -0.2) is 13.1 Å². The number of rotatable bonds is 10. The highest BCUT2D eigenvalue weighted by molar-refractivity contribution is 7.99. The van der Waals surface area contributed by atoms with Crippen molar-refractivity contribution in [2.24, 2.45) is 0 Å². The first-order valence-electron chi connectivity index (χ1n) is 10.2. The Hall–Kier alpha value is -2.81. The summed E-state index contributed by atoms with van der Waals surface area (Å²) in [7, 11) is -3.58. The largest absolute Gasteiger partial charge is 0.484 e. The van der Waals surface area contributed by atoms with Gasteiger partial charge in [0.15, 0.2) is 6.61 Å². The van der Waals surface area contributed by atoms with Gasteiger partial charge in [-0.1, -0.05) is 49.0 Å². The Morgan fingerprint density at radius 2 is 1.62 bits per heavy atom. The summed E-state index contributed by atoms with van der Waals surface area (Å²) in [6.07, 6.45) is 0.697. The standard InChI is InChI=1S/C24H26N2O4S2/c1-3-18(2)26-32(28,29)21-15-13-19(14-16-21)30-17-24(27)25-22-11-7-8-12-23(22)31-20-9-5-4-6-10-20/h4-16,18,26H,3,17H2,1-2H3,(H,25,27)/t18-/m0/s1. The predicted octanol–water partition coefficient (Wildman–Crippen LogP) is 4.93. The average Bonchev–Trinajstić information content (AvgIpc) is 2.79. The summed E-state index contributed by atoms with van der Waals surface area (Å²) in [5.74, 6) is 0.107. The van der Waals surface area contributed by atoms with E-state index >= 15 is 0 Å². The molecule has 3 rings (SSSR count). The van der Waals surface area contributed by atoms with Crippen LogP contribution < -0.4 is 14.8 Å². The molecular weight excluding hydrogens is 444 g/mol. The quantitative estimate of drug-likeness (QED) is 0.439. The van der Waals surface area contributed by atoms with Gasteiger partial charge in [0, 0.05) is 15.8 Å². The Morgan fingerprint density at radius 1 is 0.969 bits per heavy atom. The van der Waals surface area contributed by atoms with Crippen LogP contribution in [0.1, 0.15) is 20.3 Å². The van der Waals surface area contributed by atoms with E-state index in [-0.39, 0.29) is 23.5 Å². The fourth-order valence-electron chi connectivity index (χ4n) is 2.74. The maximum Gasteiger partial charge on any atom is 0.262 e. The van der Waals surface area contributed by atoms with Crippen LogP contribution in [0.5, 0.6) is 5.75 Å². The van der Waals surface area contributed by atoms with Crippen molar-refractivity contribution in [2.45, 2.75) is 41.0 Å². The Labute approximate surface area is 193 Å². The van der Waals surface area contributed by atoms with Crippen molar-refractivity contribution in [1.82, 2.24) is 4.72 Å². The molecule has 0 heterocycles. The lowest BCUT2D eigenvalue weighted by atomic mass is 10.3. The fourth-order valence-corrected chi connectivity index (χ4v) is 4.99. The molecule has 0 saturated heterocycles. The molecule has 3 aromatic rings. The second-order valence-electron chi connectivity index (χ2n) is 7.15. The van der Waals surface area contributed by atoms with Gasteiger partial charge >= 0.3 is 0 Å². The van der Waals surface area contributed by atoms with Gasteiger partial charge in [0.25, 0.3) is 5.91 Å². The van der Waals surface area contributed by atoms with Crippen LogP contribution in [0.15, 0.2) is 93.5 Å². The molecular formula is C24H26N2O4S2. The number of ether oxygens (including phenoxy) is 1. The molecule has 0 fully saturated rings. The number of anilines is 1. The number of hydrogen-bond donors (Lipinski definition) is 2. The topological polar surface area (TPSA) is 84.5 Å². The predicted molar refractivity (Wildman–Crippen MR) is 128 cm³/mol. The molecule has 1 atom stereocenters. The first kappa shape index (κ1) is 23.8. The highest BCUT2D eigenvalue weighted by Crippen LogP contribution is 2.33. The summed E-state index contributed by atoms with van der Waals surface area (Å²) in [5.41, 5.74) is 0.701. The summed E-state index contributed by atoms with van der Waals surface area (Å²) >= 11 is 1.56. The zero-order valence-electron chi connectivity index (χ0n) is 17.9. The van der Waals surface area contributed by atoms with Crippen LogP contribution in [0.3, 0.4) is 0 Å². The van der Waals surface area contributed by atoms with E-state index in [2.05, 4.69) is 10.0 Å². The van der Waals surface area contributed by atoms with Crippen LogP contribution in [0.25, 0.3) is 0 Å². The van der Waals surface area contributed by atoms with E-state index in [1.54, 1.807) is 11.8 Å². The molecule has 2 N–H and O–H groups in total. The van der Waals surface area contributed by atoms with Crippen LogP contribution in [-0.4, -0.2) is 27.0 Å². The van der Waals surface area contributed by atoms with Gasteiger partial charge in [-0.05, 0) is 61.9 Å². The van der Waals surface area contributed by atoms with E-state index in [1.165, 1.54) is 24.3 Å². The SMILES string of the molecule is CC[C@H](C)NS(=O)(=O)c1ccc(OCC(=O)Nc2ccccc2Sc2ccccc2)cc1. The van der Waals surface area contributed by atoms with Crippen molar-refractivity contribution in [3.8, 4) is 5.75 Å². The van der Waals surface area contributed by atoms with Crippen molar-refractivity contribution < 1.29 is 17.9 Å². The highest BCUT2D eigenvalue weighted by atomic mass is 32.2. The van der Waals surface area contributed by atoms with Gasteiger partial charge in [0.1, 0.15) is 5.75 Å². The van der Waals surface area contributed by atoms with Gasteiger partial charge in [-0.3, -0.25) is 4.79 Å². The third kappa shape index (κ3) is 6.85. The minimum Gasteiger partial charge on any atom is -0.484 e. The number of benzene rings is 3. The zero-order valence-corrected chi connectivity index (χ0v) is 19.6. The number of carbonyl (C=O) groups is 1. The lowest BCUT2D eigenvalue weighted by Crippen LogP contribution is -2.31. The monoisotopic (exact) mass is 470 g/mol. The molecule has 32 heavy (non-hydrogen) atoms. The first-order chi connectivity index (χ1) is 15.4. The number of nitrogens with one attached hydrogen (secondary N) is 2. The van der Waals surface area contributed by atoms with Crippen LogP contribution in [0.4, 0.5) is 5.69 Å². The molecule has 0 aliphatic heterocycles. The smallest absolute Gasteiger partial charge is 0.262 e. The number of carbonyl (C=O) groups excluding carboxylic acids is 1. The highest BCUT2D eigenvalue weighted by Gasteiger charge is 2.16. The minimum absolute atomic E-state index is 0.150. The van der Waals surface area contributed by atoms with Gasteiger partial charge in [0.2, 0.25) is 10.0 Å². The molecule has 0 spiro atoms. The minimum atomic E-state index is -3.58. The molecule has 0 aliphatic carbocycles. The number of para-hydroxylation sites is 1. The third-order valence-corrected chi connectivity index (χ3v) is 7.29. The summed E-state index contributed by atoms with van der Waals surface area (Å²) in [5, 5.41) is 2.87. The molecule has 0 bridgehead atoms. The van der Waals surface area contributed by atoms with Crippen LogP contribution in [0, 0.1) is 0 Å². The Kier molecular flexibility index (Phi) is 8.33. The van der Waals surface area contributed by atoms with Crippen molar-refractivity contribution in [3.63, 3.8) is 0 Å². The number of sulfonamides is 1. The summed E-state index contributed by atoms with van der Waals surface area (Å²) in [4.78, 5) is 14.6. The molecule has 0 aliphatic rings. The first-order valence-corrected chi connectivity index (χ1v) is 12.5. The average molecular weight is 471 g/mol. The molecule has 168 valence electrons. The third-order valence-electron chi connectivity index (χ3n) is 4.60. The summed E-state index contributed by atoms with van der Waals surface area (Å²) in [6.45, 7) is 3.53. The molecule has 1 amide bonds. The van der Waals surface area contributed by atoms with Gasteiger partial charge in [-0.15, -0.1) is 0 Å². The molecule has 0 saturated carbocycles. The molecule has 3 aromatic carbocycles. The normalized spacial score (nSPS) is 12.2. The molecule has 0 radical (unpaired) electrons. The molecule has 0 aromatic heterocycles. The number of hydrogen-bond acceptors (Lipinski definition) is 5. The maximum atomic E-state index is 12.4. The van der Waals surface area contributed by atoms with Gasteiger partial charge in [0.05, 0.1) is 10.6 Å². The molecule has 6 nitrogen and oxygen atoms in total. The Bertz CT molecular complexity index is 1130. The van der Waals surface area contributed by atoms with E-state index in [0.717, 1.165) is 9.79 Å². The summed E-state index contributed by atoms with van der Waals surface area (Å²) in [6, 6.07) is 23.3. The number of amides is 1. The maximum absolute atomic E-state index is 12.4. The van der Waals surface area contributed by atoms with Crippen molar-refractivity contribution in [1.29, 1.82) is 0 Å². The van der Waals surface area contributed by atoms with Gasteiger partial charge in [-0.2, -0.15) is 0 Å². The lowest BCUT2D eigenvalue weighted by Gasteiger charge is -2.13. The van der Waals surface area contributed by atoms with Gasteiger partial charge < -0.3 is 10.1 Å². The van der Waals surface area contributed by atoms with E-state index in [0.29, 0.717) is 17.9 Å². The second kappa shape index (κ2) is 11.2. The Balaban J connectivity index is 1.58.